The van der Waals surface area contributed by atoms with E-state index in [0.717, 1.165) is 16.9 Å². The number of amides is 2. The zero-order valence-corrected chi connectivity index (χ0v) is 16.5. The summed E-state index contributed by atoms with van der Waals surface area (Å²) >= 11 is 1.65. The van der Waals surface area contributed by atoms with Gasteiger partial charge >= 0.3 is 0 Å². The number of thioether (sulfide) groups is 1. The second-order valence-electron chi connectivity index (χ2n) is 6.13. The van der Waals surface area contributed by atoms with E-state index in [9.17, 15) is 9.59 Å². The average molecular weight is 395 g/mol. The highest BCUT2D eigenvalue weighted by Gasteiger charge is 2.16. The molecule has 0 aliphatic carbocycles. The summed E-state index contributed by atoms with van der Waals surface area (Å²) in [4.78, 5) is 29.7. The minimum Gasteiger partial charge on any atom is -0.349 e. The molecule has 0 bridgehead atoms. The summed E-state index contributed by atoms with van der Waals surface area (Å²) in [5.74, 6) is 1.09. The Kier molecular flexibility index (Phi) is 6.49. The SMILES string of the molecule is C=CCNC(=O)c1ccccc1NC(=O)Cn1c(CSC)nc2ccccc21. The third-order valence-corrected chi connectivity index (χ3v) is 4.71. The zero-order valence-electron chi connectivity index (χ0n) is 15.6. The van der Waals surface area contributed by atoms with Gasteiger partial charge in [-0.2, -0.15) is 11.8 Å². The molecule has 3 aromatic rings. The molecule has 28 heavy (non-hydrogen) atoms. The molecule has 0 radical (unpaired) electrons. The van der Waals surface area contributed by atoms with Gasteiger partial charge in [0.25, 0.3) is 5.91 Å². The number of hydrogen-bond donors (Lipinski definition) is 2. The topological polar surface area (TPSA) is 76.0 Å². The fraction of sp³-hybridized carbons (Fsp3) is 0.190. The van der Waals surface area contributed by atoms with Crippen LogP contribution in [0.5, 0.6) is 0 Å². The molecule has 7 heteroatoms. The number of carbonyl (C=O) groups excluding carboxylic acids is 2. The Morgan fingerprint density at radius 1 is 1.18 bits per heavy atom. The van der Waals surface area contributed by atoms with E-state index in [1.165, 1.54) is 0 Å². The van der Waals surface area contributed by atoms with Crippen molar-refractivity contribution in [2.24, 2.45) is 0 Å². The van der Waals surface area contributed by atoms with Crippen LogP contribution < -0.4 is 10.6 Å². The molecule has 1 aromatic heterocycles. The molecule has 144 valence electrons. The van der Waals surface area contributed by atoms with Crippen molar-refractivity contribution in [1.29, 1.82) is 0 Å². The number of rotatable bonds is 8. The van der Waals surface area contributed by atoms with Crippen molar-refractivity contribution in [3.8, 4) is 0 Å². The van der Waals surface area contributed by atoms with E-state index in [2.05, 4.69) is 22.2 Å². The highest BCUT2D eigenvalue weighted by atomic mass is 32.2. The van der Waals surface area contributed by atoms with Gasteiger partial charge in [0, 0.05) is 6.54 Å². The Hall–Kier alpha value is -3.06. The van der Waals surface area contributed by atoms with E-state index >= 15 is 0 Å². The average Bonchev–Trinajstić information content (AvgIpc) is 3.04. The van der Waals surface area contributed by atoms with E-state index in [1.54, 1.807) is 42.1 Å². The van der Waals surface area contributed by atoms with Gasteiger partial charge in [0.05, 0.1) is 28.0 Å². The summed E-state index contributed by atoms with van der Waals surface area (Å²) in [7, 11) is 0. The van der Waals surface area contributed by atoms with E-state index < -0.39 is 0 Å². The number of anilines is 1. The predicted molar refractivity (Wildman–Crippen MR) is 115 cm³/mol. The highest BCUT2D eigenvalue weighted by molar-refractivity contribution is 7.97. The Morgan fingerprint density at radius 2 is 1.93 bits per heavy atom. The molecule has 0 saturated heterocycles. The Balaban J connectivity index is 1.82. The molecule has 2 N–H and O–H groups in total. The Labute approximate surface area is 168 Å². The van der Waals surface area contributed by atoms with Crippen molar-refractivity contribution in [3.63, 3.8) is 0 Å². The van der Waals surface area contributed by atoms with Gasteiger partial charge in [0.2, 0.25) is 5.91 Å². The quantitative estimate of drug-likeness (QED) is 0.574. The molecule has 0 spiro atoms. The number of nitrogens with one attached hydrogen (secondary N) is 2. The summed E-state index contributed by atoms with van der Waals surface area (Å²) in [5.41, 5.74) is 2.67. The zero-order chi connectivity index (χ0) is 19.9. The van der Waals surface area contributed by atoms with Crippen LogP contribution in [0.15, 0.2) is 61.2 Å². The van der Waals surface area contributed by atoms with Crippen LogP contribution in [0.1, 0.15) is 16.2 Å². The molecule has 6 nitrogen and oxygen atoms in total. The second-order valence-corrected chi connectivity index (χ2v) is 6.99. The first-order valence-electron chi connectivity index (χ1n) is 8.85. The number of para-hydroxylation sites is 3. The monoisotopic (exact) mass is 394 g/mol. The van der Waals surface area contributed by atoms with Gasteiger partial charge < -0.3 is 15.2 Å². The van der Waals surface area contributed by atoms with Crippen LogP contribution in [-0.4, -0.2) is 34.2 Å². The summed E-state index contributed by atoms with van der Waals surface area (Å²) in [5, 5.41) is 5.59. The number of carbonyl (C=O) groups is 2. The summed E-state index contributed by atoms with van der Waals surface area (Å²) in [6, 6.07) is 14.7. The maximum absolute atomic E-state index is 12.8. The molecule has 0 aliphatic heterocycles. The van der Waals surface area contributed by atoms with Crippen LogP contribution in [0.4, 0.5) is 5.69 Å². The third-order valence-electron chi connectivity index (χ3n) is 4.16. The minimum absolute atomic E-state index is 0.124. The smallest absolute Gasteiger partial charge is 0.253 e. The fourth-order valence-electron chi connectivity index (χ4n) is 2.92. The second kappa shape index (κ2) is 9.23. The van der Waals surface area contributed by atoms with Crippen LogP contribution in [0, 0.1) is 0 Å². The lowest BCUT2D eigenvalue weighted by molar-refractivity contribution is -0.116. The van der Waals surface area contributed by atoms with Crippen molar-refractivity contribution in [3.05, 3.63) is 72.6 Å². The lowest BCUT2D eigenvalue weighted by atomic mass is 10.1. The molecule has 2 aromatic carbocycles. The molecule has 0 aliphatic rings. The fourth-order valence-corrected chi connectivity index (χ4v) is 3.40. The van der Waals surface area contributed by atoms with E-state index in [1.807, 2.05) is 35.1 Å². The van der Waals surface area contributed by atoms with Crippen LogP contribution >= 0.6 is 11.8 Å². The Bertz CT molecular complexity index is 1010. The summed E-state index contributed by atoms with van der Waals surface area (Å²) in [6.07, 6.45) is 3.61. The molecule has 0 fully saturated rings. The van der Waals surface area contributed by atoms with Crippen molar-refractivity contribution in [2.75, 3.05) is 18.1 Å². The maximum Gasteiger partial charge on any atom is 0.253 e. The van der Waals surface area contributed by atoms with Gasteiger partial charge in [-0.25, -0.2) is 4.98 Å². The number of fused-ring (bicyclic) bond motifs is 1. The number of benzene rings is 2. The molecule has 3 rings (SSSR count). The van der Waals surface area contributed by atoms with Crippen molar-refractivity contribution in [2.45, 2.75) is 12.3 Å². The highest BCUT2D eigenvalue weighted by Crippen LogP contribution is 2.20. The molecule has 1 heterocycles. The van der Waals surface area contributed by atoms with Crippen LogP contribution in [0.25, 0.3) is 11.0 Å². The standard InChI is InChI=1S/C21H22N4O2S/c1-3-12-22-21(27)15-8-4-5-9-16(15)24-20(26)13-25-18-11-7-6-10-17(18)23-19(25)14-28-2/h3-11H,1,12-14H2,2H3,(H,22,27)(H,24,26). The van der Waals surface area contributed by atoms with E-state index in [0.29, 0.717) is 23.5 Å². The van der Waals surface area contributed by atoms with Crippen LogP contribution in [-0.2, 0) is 17.1 Å². The van der Waals surface area contributed by atoms with Gasteiger partial charge in [0.1, 0.15) is 12.4 Å². The van der Waals surface area contributed by atoms with Gasteiger partial charge in [-0.3, -0.25) is 9.59 Å². The first-order chi connectivity index (χ1) is 13.6. The first-order valence-corrected chi connectivity index (χ1v) is 10.2. The summed E-state index contributed by atoms with van der Waals surface area (Å²) in [6.45, 7) is 4.08. The van der Waals surface area contributed by atoms with Crippen LogP contribution in [0.2, 0.25) is 0 Å². The molecule has 0 unspecified atom stereocenters. The van der Waals surface area contributed by atoms with Crippen molar-refractivity contribution >= 4 is 40.3 Å². The Morgan fingerprint density at radius 3 is 2.71 bits per heavy atom. The minimum atomic E-state index is -0.257. The third kappa shape index (κ3) is 4.43. The van der Waals surface area contributed by atoms with E-state index in [-0.39, 0.29) is 18.4 Å². The number of hydrogen-bond acceptors (Lipinski definition) is 4. The van der Waals surface area contributed by atoms with Gasteiger partial charge in [-0.05, 0) is 30.5 Å². The molecular formula is C21H22N4O2S. The van der Waals surface area contributed by atoms with Gasteiger partial charge in [-0.15, -0.1) is 6.58 Å². The maximum atomic E-state index is 12.8. The predicted octanol–water partition coefficient (Wildman–Crippen LogP) is 3.45. The number of imidazole rings is 1. The van der Waals surface area contributed by atoms with Gasteiger partial charge in [-0.1, -0.05) is 30.3 Å². The summed E-state index contributed by atoms with van der Waals surface area (Å²) < 4.78 is 1.92. The first kappa shape index (κ1) is 19.7. The van der Waals surface area contributed by atoms with Gasteiger partial charge in [0.15, 0.2) is 0 Å². The largest absolute Gasteiger partial charge is 0.349 e. The lowest BCUT2D eigenvalue weighted by Gasteiger charge is -2.12. The lowest BCUT2D eigenvalue weighted by Crippen LogP contribution is -2.26. The number of nitrogens with zero attached hydrogens (tertiary/aromatic N) is 2. The van der Waals surface area contributed by atoms with E-state index in [4.69, 9.17) is 0 Å². The molecule has 0 saturated carbocycles. The normalized spacial score (nSPS) is 10.6. The molecule has 2 amide bonds. The van der Waals surface area contributed by atoms with Crippen LogP contribution in [0.3, 0.4) is 0 Å². The van der Waals surface area contributed by atoms with Crippen molar-refractivity contribution in [1.82, 2.24) is 14.9 Å². The molecular weight excluding hydrogens is 372 g/mol. The molecule has 0 atom stereocenters. The van der Waals surface area contributed by atoms with Crippen molar-refractivity contribution < 1.29 is 9.59 Å². The number of aromatic nitrogens is 2.